The summed E-state index contributed by atoms with van der Waals surface area (Å²) in [7, 11) is -2.18. The molecular weight excluding hydrogens is 372 g/mol. The number of sulfonamides is 1. The number of carbonyl (C=O) groups is 1. The highest BCUT2D eigenvalue weighted by Crippen LogP contribution is 2.32. The lowest BCUT2D eigenvalue weighted by molar-refractivity contribution is -0.142. The Hall–Kier alpha value is -1.19. The van der Waals surface area contributed by atoms with E-state index in [9.17, 15) is 13.2 Å². The number of piperazine rings is 1. The van der Waals surface area contributed by atoms with Gasteiger partial charge in [-0.2, -0.15) is 4.31 Å². The van der Waals surface area contributed by atoms with Crippen LogP contribution in [0.3, 0.4) is 0 Å². The zero-order valence-corrected chi connectivity index (χ0v) is 15.5. The van der Waals surface area contributed by atoms with E-state index in [0.29, 0.717) is 35.4 Å². The van der Waals surface area contributed by atoms with Crippen molar-refractivity contribution in [2.45, 2.75) is 4.21 Å². The summed E-state index contributed by atoms with van der Waals surface area (Å²) in [4.78, 5) is 13.2. The van der Waals surface area contributed by atoms with E-state index in [1.54, 1.807) is 18.2 Å². The molecule has 1 aromatic heterocycles. The summed E-state index contributed by atoms with van der Waals surface area (Å²) in [6.45, 7) is 1.91. The Morgan fingerprint density at radius 3 is 2.62 bits per heavy atom. The molecule has 130 valence electrons. The molecule has 0 atom stereocenters. The van der Waals surface area contributed by atoms with Crippen LogP contribution in [0.1, 0.15) is 0 Å². The Morgan fingerprint density at radius 2 is 1.96 bits per heavy atom. The van der Waals surface area contributed by atoms with E-state index in [1.165, 1.54) is 22.8 Å². The molecule has 0 saturated carbocycles. The van der Waals surface area contributed by atoms with Crippen LogP contribution in [0.25, 0.3) is 10.1 Å². The summed E-state index contributed by atoms with van der Waals surface area (Å²) in [6.07, 6.45) is 0. The third-order valence-corrected chi connectivity index (χ3v) is 7.65. The maximum Gasteiger partial charge on any atom is 0.319 e. The molecule has 2 heterocycles. The Kier molecular flexibility index (Phi) is 5.12. The third-order valence-electron chi connectivity index (χ3n) is 3.97. The van der Waals surface area contributed by atoms with Crippen molar-refractivity contribution in [3.63, 3.8) is 0 Å². The van der Waals surface area contributed by atoms with Gasteiger partial charge < -0.3 is 4.74 Å². The number of fused-ring (bicyclic) bond motifs is 1. The predicted octanol–water partition coefficient (Wildman–Crippen LogP) is 2.03. The van der Waals surface area contributed by atoms with Gasteiger partial charge in [0.05, 0.1) is 13.7 Å². The van der Waals surface area contributed by atoms with E-state index in [4.69, 9.17) is 11.6 Å². The third kappa shape index (κ3) is 3.57. The van der Waals surface area contributed by atoms with Crippen LogP contribution in [0.2, 0.25) is 5.02 Å². The molecule has 1 saturated heterocycles. The molecule has 24 heavy (non-hydrogen) atoms. The molecule has 1 aliphatic heterocycles. The van der Waals surface area contributed by atoms with Crippen LogP contribution >= 0.6 is 22.9 Å². The molecule has 9 heteroatoms. The standard InChI is InChI=1S/C15H17ClN2O4S2/c1-22-14(19)10-17-4-6-18(7-5-17)24(20,21)15-8-11-2-3-12(16)9-13(11)23-15/h2-3,8-9H,4-7,10H2,1H3. The van der Waals surface area contributed by atoms with Gasteiger partial charge in [0.2, 0.25) is 0 Å². The Labute approximate surface area is 149 Å². The lowest BCUT2D eigenvalue weighted by atomic mass is 10.3. The van der Waals surface area contributed by atoms with Crippen LogP contribution in [0.15, 0.2) is 28.5 Å². The maximum absolute atomic E-state index is 12.8. The van der Waals surface area contributed by atoms with Crippen LogP contribution in [0.4, 0.5) is 0 Å². The molecule has 3 rings (SSSR count). The molecule has 0 N–H and O–H groups in total. The van der Waals surface area contributed by atoms with Gasteiger partial charge in [-0.05, 0) is 23.6 Å². The molecule has 6 nitrogen and oxygen atoms in total. The Bertz CT molecular complexity index is 857. The van der Waals surface area contributed by atoms with Crippen molar-refractivity contribution in [3.05, 3.63) is 29.3 Å². The molecular formula is C15H17ClN2O4S2. The van der Waals surface area contributed by atoms with E-state index in [-0.39, 0.29) is 12.5 Å². The first kappa shape index (κ1) is 17.6. The summed E-state index contributed by atoms with van der Waals surface area (Å²) >= 11 is 7.19. The van der Waals surface area contributed by atoms with Crippen molar-refractivity contribution in [2.75, 3.05) is 39.8 Å². The molecule has 0 spiro atoms. The first-order valence-corrected chi connectivity index (χ1v) is 10.0. The van der Waals surface area contributed by atoms with Crippen LogP contribution in [0.5, 0.6) is 0 Å². The van der Waals surface area contributed by atoms with E-state index in [2.05, 4.69) is 4.74 Å². The SMILES string of the molecule is COC(=O)CN1CCN(S(=O)(=O)c2cc3ccc(Cl)cc3s2)CC1. The molecule has 0 radical (unpaired) electrons. The minimum Gasteiger partial charge on any atom is -0.468 e. The monoisotopic (exact) mass is 388 g/mol. The zero-order chi connectivity index (χ0) is 17.3. The first-order valence-electron chi connectivity index (χ1n) is 7.38. The molecule has 1 aliphatic rings. The van der Waals surface area contributed by atoms with Crippen LogP contribution in [-0.4, -0.2) is 63.4 Å². The number of ether oxygens (including phenoxy) is 1. The summed E-state index contributed by atoms with van der Waals surface area (Å²) in [5, 5.41) is 1.46. The van der Waals surface area contributed by atoms with Crippen molar-refractivity contribution in [1.29, 1.82) is 0 Å². The van der Waals surface area contributed by atoms with Crippen molar-refractivity contribution < 1.29 is 17.9 Å². The van der Waals surface area contributed by atoms with Gasteiger partial charge in [-0.1, -0.05) is 17.7 Å². The summed E-state index contributed by atoms with van der Waals surface area (Å²) < 4.78 is 32.9. The fourth-order valence-electron chi connectivity index (χ4n) is 2.61. The Balaban J connectivity index is 1.75. The molecule has 2 aromatic rings. The highest BCUT2D eigenvalue weighted by atomic mass is 35.5. The predicted molar refractivity (Wildman–Crippen MR) is 94.0 cm³/mol. The van der Waals surface area contributed by atoms with E-state index >= 15 is 0 Å². The number of halogens is 1. The average Bonchev–Trinajstić information content (AvgIpc) is 2.99. The number of methoxy groups -OCH3 is 1. The molecule has 0 bridgehead atoms. The fourth-order valence-corrected chi connectivity index (χ4v) is 5.86. The van der Waals surface area contributed by atoms with Crippen LogP contribution in [0, 0.1) is 0 Å². The second-order valence-electron chi connectivity index (χ2n) is 5.50. The number of carbonyl (C=O) groups excluding carboxylic acids is 1. The number of thiophene rings is 1. The van der Waals surface area contributed by atoms with E-state index < -0.39 is 10.0 Å². The highest BCUT2D eigenvalue weighted by Gasteiger charge is 2.30. The van der Waals surface area contributed by atoms with Gasteiger partial charge in [-0.25, -0.2) is 8.42 Å². The van der Waals surface area contributed by atoms with E-state index in [1.807, 2.05) is 11.0 Å². The fraction of sp³-hybridized carbons (Fsp3) is 0.400. The quantitative estimate of drug-likeness (QED) is 0.750. The first-order chi connectivity index (χ1) is 11.4. The zero-order valence-electron chi connectivity index (χ0n) is 13.1. The van der Waals surface area contributed by atoms with Gasteiger partial charge in [0.25, 0.3) is 10.0 Å². The lowest BCUT2D eigenvalue weighted by Gasteiger charge is -2.32. The van der Waals surface area contributed by atoms with Gasteiger partial charge in [-0.3, -0.25) is 9.69 Å². The largest absolute Gasteiger partial charge is 0.468 e. The highest BCUT2D eigenvalue weighted by molar-refractivity contribution is 7.91. The number of esters is 1. The summed E-state index contributed by atoms with van der Waals surface area (Å²) in [5.74, 6) is -0.312. The van der Waals surface area contributed by atoms with Crippen molar-refractivity contribution >= 4 is 49.0 Å². The minimum absolute atomic E-state index is 0.186. The summed E-state index contributed by atoms with van der Waals surface area (Å²) in [6, 6.07) is 7.03. The van der Waals surface area contributed by atoms with Gasteiger partial charge in [0.1, 0.15) is 4.21 Å². The number of nitrogens with zero attached hydrogens (tertiary/aromatic N) is 2. The van der Waals surface area contributed by atoms with Gasteiger partial charge >= 0.3 is 5.97 Å². The number of hydrogen-bond donors (Lipinski definition) is 0. The van der Waals surface area contributed by atoms with E-state index in [0.717, 1.165) is 10.1 Å². The smallest absolute Gasteiger partial charge is 0.319 e. The molecule has 0 amide bonds. The van der Waals surface area contributed by atoms with Crippen LogP contribution in [-0.2, 0) is 19.6 Å². The normalized spacial score (nSPS) is 17.2. The number of benzene rings is 1. The van der Waals surface area contributed by atoms with Crippen molar-refractivity contribution in [2.24, 2.45) is 0 Å². The summed E-state index contributed by atoms with van der Waals surface area (Å²) in [5.41, 5.74) is 0. The molecule has 1 aromatic carbocycles. The van der Waals surface area contributed by atoms with Crippen molar-refractivity contribution in [3.8, 4) is 0 Å². The van der Waals surface area contributed by atoms with Crippen molar-refractivity contribution in [1.82, 2.24) is 9.21 Å². The molecule has 1 fully saturated rings. The number of rotatable bonds is 4. The Morgan fingerprint density at radius 1 is 1.25 bits per heavy atom. The second-order valence-corrected chi connectivity index (χ2v) is 9.19. The van der Waals surface area contributed by atoms with Crippen LogP contribution < -0.4 is 0 Å². The lowest BCUT2D eigenvalue weighted by Crippen LogP contribution is -2.49. The van der Waals surface area contributed by atoms with Gasteiger partial charge in [0, 0.05) is 35.9 Å². The molecule has 0 unspecified atom stereocenters. The minimum atomic E-state index is -3.53. The van der Waals surface area contributed by atoms with Gasteiger partial charge in [-0.15, -0.1) is 11.3 Å². The molecule has 0 aliphatic carbocycles. The second kappa shape index (κ2) is 6.97. The topological polar surface area (TPSA) is 66.9 Å². The number of hydrogen-bond acceptors (Lipinski definition) is 6. The average molecular weight is 389 g/mol. The maximum atomic E-state index is 12.8. The van der Waals surface area contributed by atoms with Gasteiger partial charge in [0.15, 0.2) is 0 Å².